The summed E-state index contributed by atoms with van der Waals surface area (Å²) in [6.07, 6.45) is -0.417. The minimum absolute atomic E-state index is 0.0616. The molecule has 1 rings (SSSR count). The third kappa shape index (κ3) is 8.85. The topological polar surface area (TPSA) is 61.9 Å². The lowest BCUT2D eigenvalue weighted by atomic mass is 10.1. The summed E-state index contributed by atoms with van der Waals surface area (Å²) in [5.41, 5.74) is 0.703. The second-order valence-electron chi connectivity index (χ2n) is 7.78. The van der Waals surface area contributed by atoms with E-state index in [4.69, 9.17) is 4.74 Å². The van der Waals surface area contributed by atoms with Crippen molar-refractivity contribution in [3.63, 3.8) is 0 Å². The highest BCUT2D eigenvalue weighted by molar-refractivity contribution is 5.79. The van der Waals surface area contributed by atoms with Crippen LogP contribution < -0.4 is 5.32 Å². The molecule has 0 unspecified atom stereocenters. The lowest BCUT2D eigenvalue weighted by molar-refractivity contribution is -0.124. The van der Waals surface area contributed by atoms with Crippen molar-refractivity contribution in [2.45, 2.75) is 39.8 Å². The van der Waals surface area contributed by atoms with Crippen LogP contribution in [-0.4, -0.2) is 61.1 Å². The van der Waals surface area contributed by atoms with Gasteiger partial charge in [0.05, 0.1) is 5.92 Å². The minimum atomic E-state index is -0.541. The quantitative estimate of drug-likeness (QED) is 0.771. The van der Waals surface area contributed by atoms with Gasteiger partial charge < -0.3 is 19.9 Å². The number of benzene rings is 1. The molecule has 6 nitrogen and oxygen atoms in total. The van der Waals surface area contributed by atoms with Crippen LogP contribution in [0.4, 0.5) is 4.79 Å². The molecule has 0 saturated carbocycles. The summed E-state index contributed by atoms with van der Waals surface area (Å²) in [7, 11) is 3.67. The maximum atomic E-state index is 12.2. The number of nitrogens with zero attached hydrogens (tertiary/aromatic N) is 2. The summed E-state index contributed by atoms with van der Waals surface area (Å²) in [6.45, 7) is 9.76. The van der Waals surface area contributed by atoms with Crippen molar-refractivity contribution in [2.24, 2.45) is 5.92 Å². The molecular formula is C20H33N3O3. The maximum absolute atomic E-state index is 12.2. The van der Waals surface area contributed by atoms with E-state index in [9.17, 15) is 9.59 Å². The van der Waals surface area contributed by atoms with Crippen molar-refractivity contribution in [1.82, 2.24) is 15.1 Å². The number of carbonyl (C=O) groups is 2. The Bertz CT molecular complexity index is 569. The van der Waals surface area contributed by atoms with Gasteiger partial charge in [-0.15, -0.1) is 0 Å². The molecule has 1 aromatic carbocycles. The molecule has 0 saturated heterocycles. The second-order valence-corrected chi connectivity index (χ2v) is 7.78. The Kier molecular flexibility index (Phi) is 8.58. The van der Waals surface area contributed by atoms with E-state index >= 15 is 0 Å². The van der Waals surface area contributed by atoms with Gasteiger partial charge >= 0.3 is 6.09 Å². The number of nitrogens with one attached hydrogen (secondary N) is 1. The first-order valence-corrected chi connectivity index (χ1v) is 9.03. The number of hydrogen-bond donors (Lipinski definition) is 1. The summed E-state index contributed by atoms with van der Waals surface area (Å²) < 4.78 is 5.30. The molecular weight excluding hydrogens is 330 g/mol. The van der Waals surface area contributed by atoms with E-state index in [0.717, 1.165) is 13.1 Å². The van der Waals surface area contributed by atoms with Gasteiger partial charge in [-0.3, -0.25) is 4.79 Å². The van der Waals surface area contributed by atoms with E-state index in [1.165, 1.54) is 10.5 Å². The Labute approximate surface area is 157 Å². The van der Waals surface area contributed by atoms with Crippen LogP contribution >= 0.6 is 0 Å². The average molecular weight is 364 g/mol. The van der Waals surface area contributed by atoms with E-state index < -0.39 is 11.7 Å². The van der Waals surface area contributed by atoms with E-state index in [1.807, 2.05) is 52.9 Å². The van der Waals surface area contributed by atoms with Crippen LogP contribution in [0.3, 0.4) is 0 Å². The molecule has 0 spiro atoms. The van der Waals surface area contributed by atoms with Crippen molar-refractivity contribution in [3.8, 4) is 0 Å². The summed E-state index contributed by atoms with van der Waals surface area (Å²) in [5, 5.41) is 2.93. The zero-order valence-electron chi connectivity index (χ0n) is 16.9. The van der Waals surface area contributed by atoms with Gasteiger partial charge in [-0.25, -0.2) is 4.79 Å². The van der Waals surface area contributed by atoms with Gasteiger partial charge in [0.1, 0.15) is 5.60 Å². The normalized spacial score (nSPS) is 12.6. The number of carbonyl (C=O) groups excluding carboxylic acids is 2. The summed E-state index contributed by atoms with van der Waals surface area (Å²) in [6, 6.07) is 10.2. The number of hydrogen-bond acceptors (Lipinski definition) is 4. The molecule has 0 aliphatic rings. The fourth-order valence-electron chi connectivity index (χ4n) is 2.43. The van der Waals surface area contributed by atoms with Crippen molar-refractivity contribution in [1.29, 1.82) is 0 Å². The molecule has 26 heavy (non-hydrogen) atoms. The predicted molar refractivity (Wildman–Crippen MR) is 104 cm³/mol. The molecule has 0 bridgehead atoms. The minimum Gasteiger partial charge on any atom is -0.444 e. The van der Waals surface area contributed by atoms with E-state index in [0.29, 0.717) is 13.1 Å². The second kappa shape index (κ2) is 10.2. The molecule has 0 aliphatic carbocycles. The van der Waals surface area contributed by atoms with Crippen LogP contribution in [0.2, 0.25) is 0 Å². The summed E-state index contributed by atoms with van der Waals surface area (Å²) in [5.74, 6) is -0.361. The van der Waals surface area contributed by atoms with Crippen LogP contribution in [-0.2, 0) is 16.1 Å². The SMILES string of the molecule is C[C@H](CN(C)C(=O)OC(C)(C)C)C(=O)NCCN(C)Cc1ccccc1. The van der Waals surface area contributed by atoms with Crippen molar-refractivity contribution >= 4 is 12.0 Å². The third-order valence-electron chi connectivity index (χ3n) is 3.79. The molecule has 0 radical (unpaired) electrons. The van der Waals surface area contributed by atoms with Crippen molar-refractivity contribution < 1.29 is 14.3 Å². The van der Waals surface area contributed by atoms with Crippen molar-refractivity contribution in [2.75, 3.05) is 33.7 Å². The number of amides is 2. The van der Waals surface area contributed by atoms with Gasteiger partial charge in [0, 0.05) is 33.2 Å². The van der Waals surface area contributed by atoms with E-state index in [2.05, 4.69) is 22.3 Å². The van der Waals surface area contributed by atoms with Crippen LogP contribution in [0.15, 0.2) is 30.3 Å². The molecule has 0 aromatic heterocycles. The Morgan fingerprint density at radius 2 is 1.77 bits per heavy atom. The fraction of sp³-hybridized carbons (Fsp3) is 0.600. The number of rotatable bonds is 8. The fourth-order valence-corrected chi connectivity index (χ4v) is 2.43. The van der Waals surface area contributed by atoms with Gasteiger partial charge in [-0.2, -0.15) is 0 Å². The highest BCUT2D eigenvalue weighted by Crippen LogP contribution is 2.10. The average Bonchev–Trinajstić information content (AvgIpc) is 2.53. The zero-order valence-corrected chi connectivity index (χ0v) is 16.9. The first-order valence-electron chi connectivity index (χ1n) is 9.03. The first kappa shape index (κ1) is 22.0. The Balaban J connectivity index is 2.30. The predicted octanol–water partition coefficient (Wildman–Crippen LogP) is 2.74. The molecule has 0 heterocycles. The molecule has 146 valence electrons. The highest BCUT2D eigenvalue weighted by Gasteiger charge is 2.23. The molecule has 1 atom stereocenters. The third-order valence-corrected chi connectivity index (χ3v) is 3.79. The molecule has 0 aliphatic heterocycles. The summed E-state index contributed by atoms with van der Waals surface area (Å²) >= 11 is 0. The zero-order chi connectivity index (χ0) is 19.7. The van der Waals surface area contributed by atoms with Gasteiger partial charge in [0.15, 0.2) is 0 Å². The Morgan fingerprint density at radius 3 is 2.35 bits per heavy atom. The summed E-state index contributed by atoms with van der Waals surface area (Å²) in [4.78, 5) is 27.8. The van der Waals surface area contributed by atoms with Gasteiger partial charge in [0.25, 0.3) is 0 Å². The molecule has 1 aromatic rings. The molecule has 0 fully saturated rings. The number of likely N-dealkylation sites (N-methyl/N-ethyl adjacent to an activating group) is 1. The monoisotopic (exact) mass is 363 g/mol. The largest absolute Gasteiger partial charge is 0.444 e. The van der Waals surface area contributed by atoms with E-state index in [1.54, 1.807) is 7.05 Å². The van der Waals surface area contributed by atoms with E-state index in [-0.39, 0.29) is 11.8 Å². The smallest absolute Gasteiger partial charge is 0.410 e. The van der Waals surface area contributed by atoms with Gasteiger partial charge in [0.2, 0.25) is 5.91 Å². The lowest BCUT2D eigenvalue weighted by Crippen LogP contribution is -2.42. The maximum Gasteiger partial charge on any atom is 0.410 e. The number of ether oxygens (including phenoxy) is 1. The van der Waals surface area contributed by atoms with Crippen LogP contribution in [0.5, 0.6) is 0 Å². The van der Waals surface area contributed by atoms with Crippen molar-refractivity contribution in [3.05, 3.63) is 35.9 Å². The molecule has 6 heteroatoms. The standard InChI is InChI=1S/C20H33N3O3/c1-16(14-23(6)19(25)26-20(2,3)4)18(24)21-12-13-22(5)15-17-10-8-7-9-11-17/h7-11,16H,12-15H2,1-6H3,(H,21,24)/t16-/m1/s1. The molecule has 1 N–H and O–H groups in total. The Hall–Kier alpha value is -2.08. The Morgan fingerprint density at radius 1 is 1.15 bits per heavy atom. The highest BCUT2D eigenvalue weighted by atomic mass is 16.6. The van der Waals surface area contributed by atoms with Gasteiger partial charge in [-0.05, 0) is 33.4 Å². The first-order chi connectivity index (χ1) is 12.1. The van der Waals surface area contributed by atoms with Crippen LogP contribution in [0.1, 0.15) is 33.3 Å². The van der Waals surface area contributed by atoms with Crippen LogP contribution in [0.25, 0.3) is 0 Å². The lowest BCUT2D eigenvalue weighted by Gasteiger charge is -2.26. The van der Waals surface area contributed by atoms with Crippen LogP contribution in [0, 0.1) is 5.92 Å². The van der Waals surface area contributed by atoms with Gasteiger partial charge in [-0.1, -0.05) is 37.3 Å². The molecule has 2 amide bonds.